The van der Waals surface area contributed by atoms with Crippen molar-refractivity contribution in [3.8, 4) is 34.2 Å². The summed E-state index contributed by atoms with van der Waals surface area (Å²) in [7, 11) is 0. The summed E-state index contributed by atoms with van der Waals surface area (Å²) < 4.78 is 4.38. The van der Waals surface area contributed by atoms with Crippen LogP contribution in [0, 0.1) is 0 Å². The van der Waals surface area contributed by atoms with Crippen LogP contribution >= 0.6 is 0 Å². The third-order valence-electron chi connectivity index (χ3n) is 8.24. The van der Waals surface area contributed by atoms with Crippen LogP contribution in [0.5, 0.6) is 0 Å². The van der Waals surface area contributed by atoms with Gasteiger partial charge in [-0.3, -0.25) is 19.1 Å². The highest BCUT2D eigenvalue weighted by Gasteiger charge is 2.16. The van der Waals surface area contributed by atoms with Crippen LogP contribution in [0.3, 0.4) is 0 Å². The highest BCUT2D eigenvalue weighted by Crippen LogP contribution is 2.33. The summed E-state index contributed by atoms with van der Waals surface area (Å²) in [5.41, 5.74) is 10.0. The zero-order valence-corrected chi connectivity index (χ0v) is 23.5. The Bertz CT molecular complexity index is 2240. The van der Waals surface area contributed by atoms with E-state index in [9.17, 15) is 0 Å². The predicted molar refractivity (Wildman–Crippen MR) is 177 cm³/mol. The van der Waals surface area contributed by atoms with E-state index < -0.39 is 0 Å². The van der Waals surface area contributed by atoms with E-state index in [1.54, 1.807) is 0 Å². The van der Waals surface area contributed by atoms with E-state index in [1.165, 1.54) is 0 Å². The summed E-state index contributed by atoms with van der Waals surface area (Å²) in [4.78, 5) is 19.7. The molecule has 0 atom stereocenters. The van der Waals surface area contributed by atoms with Gasteiger partial charge in [-0.25, -0.2) is 9.97 Å². The molecular formula is C38H24N6. The van der Waals surface area contributed by atoms with Gasteiger partial charge in [0.05, 0.1) is 44.5 Å². The minimum atomic E-state index is 0.854. The molecule has 0 saturated carbocycles. The molecule has 0 fully saturated rings. The summed E-state index contributed by atoms with van der Waals surface area (Å²) in [6, 6.07) is 45.6. The fraction of sp³-hybridized carbons (Fsp3) is 0. The summed E-state index contributed by atoms with van der Waals surface area (Å²) in [5.74, 6) is 1.71. The monoisotopic (exact) mass is 564 g/mol. The Morgan fingerprint density at radius 2 is 0.841 bits per heavy atom. The molecule has 0 radical (unpaired) electrons. The molecule has 0 amide bonds. The normalized spacial score (nSPS) is 11.6. The number of nitrogens with zero attached hydrogens (tertiary/aromatic N) is 6. The Morgan fingerprint density at radius 1 is 0.386 bits per heavy atom. The molecule has 3 aromatic carbocycles. The van der Waals surface area contributed by atoms with Gasteiger partial charge in [-0.1, -0.05) is 66.7 Å². The first kappa shape index (κ1) is 24.5. The molecule has 6 aromatic heterocycles. The second-order valence-corrected chi connectivity index (χ2v) is 10.8. The molecule has 0 saturated heterocycles. The molecule has 6 nitrogen and oxygen atoms in total. The number of para-hydroxylation sites is 2. The van der Waals surface area contributed by atoms with Gasteiger partial charge in [0.25, 0.3) is 0 Å². The topological polar surface area (TPSA) is 61.4 Å². The lowest BCUT2D eigenvalue weighted by atomic mass is 10.0. The average molecular weight is 565 g/mol. The van der Waals surface area contributed by atoms with E-state index in [0.29, 0.717) is 0 Å². The van der Waals surface area contributed by atoms with Crippen LogP contribution in [-0.2, 0) is 0 Å². The Labute approximate surface area is 252 Å². The molecule has 0 bridgehead atoms. The fourth-order valence-corrected chi connectivity index (χ4v) is 6.32. The first-order chi connectivity index (χ1) is 21.8. The molecule has 6 heterocycles. The van der Waals surface area contributed by atoms with E-state index in [1.807, 2.05) is 24.5 Å². The molecule has 9 aromatic rings. The van der Waals surface area contributed by atoms with Gasteiger partial charge in [-0.05, 0) is 66.7 Å². The molecule has 0 aliphatic carbocycles. The fourth-order valence-electron chi connectivity index (χ4n) is 6.32. The lowest BCUT2D eigenvalue weighted by molar-refractivity contribution is 1.08. The Morgan fingerprint density at radius 3 is 1.36 bits per heavy atom. The highest BCUT2D eigenvalue weighted by molar-refractivity contribution is 6.07. The summed E-state index contributed by atoms with van der Waals surface area (Å²) in [6.45, 7) is 0. The third kappa shape index (κ3) is 3.75. The Kier molecular flexibility index (Phi) is 5.40. The van der Waals surface area contributed by atoms with Gasteiger partial charge in [-0.2, -0.15) is 0 Å². The number of pyridine rings is 4. The van der Waals surface area contributed by atoms with Gasteiger partial charge in [-0.15, -0.1) is 0 Å². The zero-order valence-electron chi connectivity index (χ0n) is 23.5. The van der Waals surface area contributed by atoms with Crippen molar-refractivity contribution in [1.29, 1.82) is 0 Å². The number of fused-ring (bicyclic) bond motifs is 6. The van der Waals surface area contributed by atoms with Crippen LogP contribution in [0.1, 0.15) is 0 Å². The van der Waals surface area contributed by atoms with Crippen LogP contribution in [0.2, 0.25) is 0 Å². The lowest BCUT2D eigenvalue weighted by Gasteiger charge is -2.11. The Hall–Kier alpha value is -6.14. The molecule has 0 N–H and O–H groups in total. The molecule has 0 spiro atoms. The predicted octanol–water partition coefficient (Wildman–Crippen LogP) is 8.79. The number of aromatic nitrogens is 6. The summed E-state index contributed by atoms with van der Waals surface area (Å²) in [5, 5.41) is 2.23. The molecule has 6 heteroatoms. The van der Waals surface area contributed by atoms with Crippen LogP contribution in [0.25, 0.3) is 78.0 Å². The molecule has 206 valence electrons. The smallest absolute Gasteiger partial charge is 0.138 e. The van der Waals surface area contributed by atoms with Crippen LogP contribution in [-0.4, -0.2) is 29.1 Å². The largest absolute Gasteiger partial charge is 0.292 e. The molecule has 44 heavy (non-hydrogen) atoms. The quantitative estimate of drug-likeness (QED) is 0.214. The highest BCUT2D eigenvalue weighted by atomic mass is 15.1. The molecule has 0 aliphatic heterocycles. The number of benzene rings is 3. The first-order valence-corrected chi connectivity index (χ1v) is 14.6. The summed E-state index contributed by atoms with van der Waals surface area (Å²) >= 11 is 0. The number of hydrogen-bond donors (Lipinski definition) is 0. The van der Waals surface area contributed by atoms with Gasteiger partial charge in [0, 0.05) is 34.3 Å². The van der Waals surface area contributed by atoms with E-state index >= 15 is 0 Å². The molecular weight excluding hydrogens is 540 g/mol. The van der Waals surface area contributed by atoms with Crippen LogP contribution in [0.15, 0.2) is 146 Å². The maximum atomic E-state index is 5.15. The van der Waals surface area contributed by atoms with Crippen LogP contribution in [0.4, 0.5) is 0 Å². The molecule has 0 aliphatic rings. The maximum Gasteiger partial charge on any atom is 0.138 e. The zero-order chi connectivity index (χ0) is 29.0. The van der Waals surface area contributed by atoms with Crippen molar-refractivity contribution in [1.82, 2.24) is 29.1 Å². The lowest BCUT2D eigenvalue weighted by Crippen LogP contribution is -1.99. The molecule has 0 unspecified atom stereocenters. The van der Waals surface area contributed by atoms with Crippen molar-refractivity contribution in [2.45, 2.75) is 0 Å². The number of rotatable bonds is 4. The van der Waals surface area contributed by atoms with Crippen LogP contribution < -0.4 is 0 Å². The minimum absolute atomic E-state index is 0.854. The van der Waals surface area contributed by atoms with Crippen molar-refractivity contribution < 1.29 is 0 Å². The average Bonchev–Trinajstić information content (AvgIpc) is 3.62. The second-order valence-electron chi connectivity index (χ2n) is 10.8. The van der Waals surface area contributed by atoms with Gasteiger partial charge in [0.1, 0.15) is 11.6 Å². The number of hydrogen-bond acceptors (Lipinski definition) is 4. The van der Waals surface area contributed by atoms with Crippen molar-refractivity contribution >= 4 is 43.9 Å². The van der Waals surface area contributed by atoms with Crippen molar-refractivity contribution in [3.63, 3.8) is 0 Å². The standard InChI is InChI=1S/C38H24N6/c1-3-16-31-27(12-1)37-33(18-8-22-39-37)43(31)35-20-6-14-29(41-35)25-10-5-11-26(24-25)30-15-7-21-36(42-30)44-32-17-4-2-13-28(32)38-34(44)19-9-23-40-38/h1-24H. The van der Waals surface area contributed by atoms with Gasteiger partial charge in [0.15, 0.2) is 0 Å². The van der Waals surface area contributed by atoms with Gasteiger partial charge in [0.2, 0.25) is 0 Å². The second kappa shape index (κ2) is 9.71. The van der Waals surface area contributed by atoms with Gasteiger partial charge >= 0.3 is 0 Å². The van der Waals surface area contributed by atoms with E-state index in [2.05, 4.69) is 140 Å². The minimum Gasteiger partial charge on any atom is -0.292 e. The van der Waals surface area contributed by atoms with Crippen molar-refractivity contribution in [2.24, 2.45) is 0 Å². The SMILES string of the molecule is c1cc(-c2cccc(-n3c4ccccc4c4ncccc43)n2)cc(-c2cccc(-n3c4ccccc4c4ncccc43)n2)c1. The van der Waals surface area contributed by atoms with E-state index in [0.717, 1.165) is 78.0 Å². The van der Waals surface area contributed by atoms with Crippen molar-refractivity contribution in [2.75, 3.05) is 0 Å². The van der Waals surface area contributed by atoms with E-state index in [-0.39, 0.29) is 0 Å². The summed E-state index contributed by atoms with van der Waals surface area (Å²) in [6.07, 6.45) is 3.69. The Balaban J connectivity index is 1.15. The first-order valence-electron chi connectivity index (χ1n) is 14.6. The maximum absolute atomic E-state index is 5.15. The third-order valence-corrected chi connectivity index (χ3v) is 8.24. The van der Waals surface area contributed by atoms with E-state index in [4.69, 9.17) is 9.97 Å². The van der Waals surface area contributed by atoms with Crippen molar-refractivity contribution in [3.05, 3.63) is 146 Å². The van der Waals surface area contributed by atoms with Gasteiger partial charge < -0.3 is 0 Å². The molecule has 9 rings (SSSR count).